The number of carbonyl (C=O) groups is 1. The fourth-order valence-corrected chi connectivity index (χ4v) is 4.50. The molecule has 4 nitrogen and oxygen atoms in total. The Morgan fingerprint density at radius 3 is 2.61 bits per heavy atom. The fourth-order valence-electron chi connectivity index (χ4n) is 4.23. The number of benzene rings is 2. The van der Waals surface area contributed by atoms with E-state index in [0.717, 1.165) is 48.6 Å². The topological polar surface area (TPSA) is 52.7 Å². The molecule has 1 aliphatic rings. The predicted molar refractivity (Wildman–Crippen MR) is 114 cm³/mol. The first kappa shape index (κ1) is 19.0. The molecule has 0 unspecified atom stereocenters. The number of fused-ring (bicyclic) bond motifs is 1. The largest absolute Gasteiger partial charge is 0.361 e. The lowest BCUT2D eigenvalue weighted by Gasteiger charge is -2.22. The third-order valence-corrected chi connectivity index (χ3v) is 6.15. The first-order valence-electron chi connectivity index (χ1n) is 10.1. The number of para-hydroxylation sites is 1. The van der Waals surface area contributed by atoms with Crippen molar-refractivity contribution < 1.29 is 10.1 Å². The van der Waals surface area contributed by atoms with Gasteiger partial charge in [0.15, 0.2) is 6.04 Å². The summed E-state index contributed by atoms with van der Waals surface area (Å²) in [6.07, 6.45) is 4.32. The lowest BCUT2D eigenvalue weighted by molar-refractivity contribution is -0.675. The quantitative estimate of drug-likeness (QED) is 0.658. The number of hydrogen-bond donors (Lipinski definition) is 2. The zero-order valence-corrected chi connectivity index (χ0v) is 17.0. The van der Waals surface area contributed by atoms with Gasteiger partial charge >= 0.3 is 0 Å². The predicted octanol–water partition coefficient (Wildman–Crippen LogP) is 3.53. The molecule has 0 radical (unpaired) electrons. The molecular weight excluding hydrogens is 370 g/mol. The number of aromatic nitrogens is 1. The maximum Gasteiger partial charge on any atom is 0.280 e. The minimum atomic E-state index is -0.0895. The molecule has 2 heterocycles. The first-order valence-corrected chi connectivity index (χ1v) is 10.5. The number of amides is 1. The van der Waals surface area contributed by atoms with Gasteiger partial charge in [-0.2, -0.15) is 0 Å². The molecule has 2 atom stereocenters. The fraction of sp³-hybridized carbons (Fsp3) is 0.348. The average Bonchev–Trinajstić information content (AvgIpc) is 3.39. The van der Waals surface area contributed by atoms with Crippen molar-refractivity contribution >= 4 is 28.4 Å². The second kappa shape index (κ2) is 8.38. The molecule has 2 aromatic carbocycles. The number of hydrogen-bond acceptors (Lipinski definition) is 1. The lowest BCUT2D eigenvalue weighted by Crippen LogP contribution is -2.92. The Hall–Kier alpha value is -2.30. The Labute approximate surface area is 170 Å². The van der Waals surface area contributed by atoms with E-state index in [1.165, 1.54) is 10.9 Å². The Morgan fingerprint density at radius 2 is 1.82 bits per heavy atom. The third kappa shape index (κ3) is 3.80. The zero-order valence-electron chi connectivity index (χ0n) is 16.2. The number of halogens is 1. The Balaban J connectivity index is 1.60. The Bertz CT molecular complexity index is 961. The van der Waals surface area contributed by atoms with E-state index in [1.807, 2.05) is 36.1 Å². The van der Waals surface area contributed by atoms with E-state index in [2.05, 4.69) is 40.8 Å². The molecule has 146 valence electrons. The van der Waals surface area contributed by atoms with Crippen molar-refractivity contribution in [3.05, 3.63) is 70.9 Å². The van der Waals surface area contributed by atoms with Crippen LogP contribution in [0.15, 0.2) is 54.7 Å². The molecule has 0 spiro atoms. The number of H-pyrrole nitrogens is 1. The average molecular weight is 397 g/mol. The minimum Gasteiger partial charge on any atom is -0.361 e. The van der Waals surface area contributed by atoms with Crippen LogP contribution in [0.5, 0.6) is 0 Å². The summed E-state index contributed by atoms with van der Waals surface area (Å²) in [5, 5.41) is 4.14. The van der Waals surface area contributed by atoms with Gasteiger partial charge in [0.25, 0.3) is 5.91 Å². The van der Waals surface area contributed by atoms with E-state index in [-0.39, 0.29) is 17.9 Å². The van der Waals surface area contributed by atoms with Crippen molar-refractivity contribution in [2.75, 3.05) is 19.6 Å². The summed E-state index contributed by atoms with van der Waals surface area (Å²) in [5.41, 5.74) is 3.45. The normalized spacial score (nSPS) is 16.4. The van der Waals surface area contributed by atoms with E-state index in [4.69, 9.17) is 11.6 Å². The van der Waals surface area contributed by atoms with E-state index < -0.39 is 0 Å². The Morgan fingerprint density at radius 1 is 1.11 bits per heavy atom. The molecule has 1 amide bonds. The van der Waals surface area contributed by atoms with Crippen molar-refractivity contribution in [1.29, 1.82) is 0 Å². The summed E-state index contributed by atoms with van der Waals surface area (Å²) in [4.78, 5) is 18.1. The molecule has 0 bridgehead atoms. The molecule has 0 saturated carbocycles. The van der Waals surface area contributed by atoms with Crippen LogP contribution in [0.4, 0.5) is 0 Å². The van der Waals surface area contributed by atoms with Gasteiger partial charge in [-0.3, -0.25) is 4.79 Å². The number of likely N-dealkylation sites (tertiary alicyclic amines) is 1. The van der Waals surface area contributed by atoms with Crippen LogP contribution in [0, 0.1) is 0 Å². The number of nitrogens with zero attached hydrogens (tertiary/aromatic N) is 1. The third-order valence-electron chi connectivity index (χ3n) is 5.81. The smallest absolute Gasteiger partial charge is 0.280 e. The van der Waals surface area contributed by atoms with Gasteiger partial charge in [-0.25, -0.2) is 0 Å². The van der Waals surface area contributed by atoms with Crippen LogP contribution in [0.25, 0.3) is 10.9 Å². The van der Waals surface area contributed by atoms with Crippen LogP contribution in [-0.4, -0.2) is 41.5 Å². The van der Waals surface area contributed by atoms with E-state index >= 15 is 0 Å². The summed E-state index contributed by atoms with van der Waals surface area (Å²) in [5.74, 6) is 0.355. The van der Waals surface area contributed by atoms with Crippen molar-refractivity contribution in [3.8, 4) is 0 Å². The molecule has 1 aromatic heterocycles. The number of aromatic amines is 1. The van der Waals surface area contributed by atoms with Crippen molar-refractivity contribution in [2.45, 2.75) is 31.7 Å². The summed E-state index contributed by atoms with van der Waals surface area (Å²) >= 11 is 6.57. The van der Waals surface area contributed by atoms with Crippen LogP contribution in [0.3, 0.4) is 0 Å². The monoisotopic (exact) mass is 396 g/mol. The van der Waals surface area contributed by atoms with Crippen LogP contribution in [-0.2, 0) is 4.79 Å². The van der Waals surface area contributed by atoms with Crippen molar-refractivity contribution in [1.82, 2.24) is 9.88 Å². The summed E-state index contributed by atoms with van der Waals surface area (Å²) < 4.78 is 0. The van der Waals surface area contributed by atoms with Gasteiger partial charge in [0.2, 0.25) is 0 Å². The lowest BCUT2D eigenvalue weighted by atomic mass is 9.90. The van der Waals surface area contributed by atoms with E-state index in [9.17, 15) is 4.79 Å². The van der Waals surface area contributed by atoms with Gasteiger partial charge in [0.1, 0.15) is 0 Å². The maximum atomic E-state index is 12.7. The number of quaternary nitrogens is 1. The van der Waals surface area contributed by atoms with Gasteiger partial charge in [0, 0.05) is 35.2 Å². The van der Waals surface area contributed by atoms with Gasteiger partial charge in [0.05, 0.1) is 12.5 Å². The number of nitrogens with two attached hydrogens (primary N) is 1. The first-order chi connectivity index (χ1) is 13.6. The standard InChI is InChI=1S/C23H26ClN3O/c1-16(23(28)27-12-6-7-13-27)25-14-19(17-8-2-4-10-21(17)24)20-15-26-22-11-5-3-9-18(20)22/h2-5,8-11,15-16,19,25-26H,6-7,12-14H2,1H3/p+1/t16-,19+/m1/s1. The number of carbonyl (C=O) groups excluding carboxylic acids is 1. The summed E-state index contributed by atoms with van der Waals surface area (Å²) in [7, 11) is 0. The highest BCUT2D eigenvalue weighted by Crippen LogP contribution is 2.33. The highest BCUT2D eigenvalue weighted by molar-refractivity contribution is 6.31. The highest BCUT2D eigenvalue weighted by atomic mass is 35.5. The number of rotatable bonds is 6. The van der Waals surface area contributed by atoms with Gasteiger partial charge < -0.3 is 15.2 Å². The molecule has 4 rings (SSSR count). The van der Waals surface area contributed by atoms with Crippen LogP contribution < -0.4 is 5.32 Å². The Kier molecular flexibility index (Phi) is 5.69. The van der Waals surface area contributed by atoms with Gasteiger partial charge in [-0.05, 0) is 43.0 Å². The summed E-state index contributed by atoms with van der Waals surface area (Å²) in [6.45, 7) is 4.58. The van der Waals surface area contributed by atoms with Crippen molar-refractivity contribution in [3.63, 3.8) is 0 Å². The van der Waals surface area contributed by atoms with Crippen LogP contribution in [0.1, 0.15) is 36.8 Å². The minimum absolute atomic E-state index is 0.0895. The molecule has 0 aliphatic carbocycles. The molecule has 28 heavy (non-hydrogen) atoms. The highest BCUT2D eigenvalue weighted by Gasteiger charge is 2.28. The van der Waals surface area contributed by atoms with E-state index in [1.54, 1.807) is 0 Å². The molecular formula is C23H27ClN3O+. The zero-order chi connectivity index (χ0) is 19.5. The molecule has 1 saturated heterocycles. The molecule has 1 fully saturated rings. The molecule has 3 aromatic rings. The van der Waals surface area contributed by atoms with Gasteiger partial charge in [-0.15, -0.1) is 0 Å². The van der Waals surface area contributed by atoms with Crippen molar-refractivity contribution in [2.24, 2.45) is 0 Å². The second-order valence-corrected chi connectivity index (χ2v) is 8.06. The van der Waals surface area contributed by atoms with Gasteiger partial charge in [-0.1, -0.05) is 48.0 Å². The SMILES string of the molecule is C[C@@H]([NH2+]C[C@@H](c1ccccc1Cl)c1c[nH]c2ccccc12)C(=O)N1CCCC1. The van der Waals surface area contributed by atoms with Crippen LogP contribution in [0.2, 0.25) is 5.02 Å². The molecule has 5 heteroatoms. The van der Waals surface area contributed by atoms with Crippen LogP contribution >= 0.6 is 11.6 Å². The number of nitrogens with one attached hydrogen (secondary N) is 1. The second-order valence-electron chi connectivity index (χ2n) is 7.66. The maximum absolute atomic E-state index is 12.7. The van der Waals surface area contributed by atoms with E-state index in [0.29, 0.717) is 0 Å². The molecule has 1 aliphatic heterocycles. The summed E-state index contributed by atoms with van der Waals surface area (Å²) in [6, 6.07) is 16.3. The molecule has 3 N–H and O–H groups in total.